The van der Waals surface area contributed by atoms with Crippen LogP contribution in [-0.2, 0) is 17.6 Å². The highest BCUT2D eigenvalue weighted by molar-refractivity contribution is 5.98. The zero-order valence-electron chi connectivity index (χ0n) is 17.5. The maximum Gasteiger partial charge on any atom is 0.251 e. The first-order valence-electron chi connectivity index (χ1n) is 10.4. The van der Waals surface area contributed by atoms with Gasteiger partial charge in [-0.25, -0.2) is 8.78 Å². The quantitative estimate of drug-likeness (QED) is 0.502. The lowest BCUT2D eigenvalue weighted by molar-refractivity contribution is -0.122. The van der Waals surface area contributed by atoms with Crippen molar-refractivity contribution in [3.8, 4) is 0 Å². The Kier molecular flexibility index (Phi) is 8.22. The molecule has 3 aromatic carbocycles. The summed E-state index contributed by atoms with van der Waals surface area (Å²) in [7, 11) is 0. The Morgan fingerprint density at radius 1 is 0.781 bits per heavy atom. The number of ketones is 1. The molecule has 3 aromatic rings. The molecule has 2 N–H and O–H groups in total. The molecule has 1 amide bonds. The van der Waals surface area contributed by atoms with Crippen LogP contribution in [0.4, 0.5) is 8.78 Å². The summed E-state index contributed by atoms with van der Waals surface area (Å²) in [5, 5.41) is 12.5. The van der Waals surface area contributed by atoms with Crippen LogP contribution >= 0.6 is 0 Å². The second-order valence-corrected chi connectivity index (χ2v) is 7.77. The minimum absolute atomic E-state index is 0.0704. The number of hydrogen-bond acceptors (Lipinski definition) is 3. The molecule has 32 heavy (non-hydrogen) atoms. The number of nitrogens with one attached hydrogen (secondary N) is 1. The first kappa shape index (κ1) is 23.3. The summed E-state index contributed by atoms with van der Waals surface area (Å²) >= 11 is 0. The molecule has 0 bridgehead atoms. The van der Waals surface area contributed by atoms with Gasteiger partial charge in [-0.1, -0.05) is 42.5 Å². The average molecular weight is 437 g/mol. The van der Waals surface area contributed by atoms with Gasteiger partial charge in [0.2, 0.25) is 0 Å². The van der Waals surface area contributed by atoms with Crippen LogP contribution in [0.25, 0.3) is 0 Å². The number of aliphatic hydroxyl groups excluding tert-OH is 1. The van der Waals surface area contributed by atoms with Crippen LogP contribution in [0.2, 0.25) is 0 Å². The molecule has 0 aliphatic heterocycles. The lowest BCUT2D eigenvalue weighted by Gasteiger charge is -2.21. The molecule has 6 heteroatoms. The van der Waals surface area contributed by atoms with Crippen LogP contribution in [0.15, 0.2) is 78.9 Å². The van der Waals surface area contributed by atoms with Gasteiger partial charge in [0.15, 0.2) is 5.78 Å². The SMILES string of the molecule is O=C(N[C@@H](Cc1ccc(F)cc1)C(=O)C[C@H](CO)Cc1ccccc1)c1ccc(F)cc1. The van der Waals surface area contributed by atoms with E-state index in [-0.39, 0.29) is 36.7 Å². The van der Waals surface area contributed by atoms with Crippen molar-refractivity contribution in [1.82, 2.24) is 5.32 Å². The fourth-order valence-electron chi connectivity index (χ4n) is 3.52. The zero-order valence-corrected chi connectivity index (χ0v) is 17.5. The summed E-state index contributed by atoms with van der Waals surface area (Å²) in [6.07, 6.45) is 0.773. The van der Waals surface area contributed by atoms with E-state index in [0.717, 1.165) is 5.56 Å². The van der Waals surface area contributed by atoms with Crippen molar-refractivity contribution in [3.05, 3.63) is 107 Å². The standard InChI is InChI=1S/C26H25F2NO3/c27-22-10-6-19(7-11-22)15-24(29-26(32)21-8-12-23(28)13-9-21)25(31)16-20(17-30)14-18-4-2-1-3-5-18/h1-13,20,24,30H,14-17H2,(H,29,32)/t20-,24+/m1/s1. The van der Waals surface area contributed by atoms with Gasteiger partial charge < -0.3 is 10.4 Å². The van der Waals surface area contributed by atoms with Crippen LogP contribution in [0.3, 0.4) is 0 Å². The number of hydrogen-bond donors (Lipinski definition) is 2. The number of carbonyl (C=O) groups excluding carboxylic acids is 2. The Bertz CT molecular complexity index is 1020. The fraction of sp³-hybridized carbons (Fsp3) is 0.231. The number of benzene rings is 3. The Morgan fingerprint density at radius 2 is 1.34 bits per heavy atom. The van der Waals surface area contributed by atoms with E-state index in [9.17, 15) is 23.5 Å². The van der Waals surface area contributed by atoms with Gasteiger partial charge in [0.25, 0.3) is 5.91 Å². The number of rotatable bonds is 10. The highest BCUT2D eigenvalue weighted by Gasteiger charge is 2.25. The van der Waals surface area contributed by atoms with Crippen LogP contribution in [0.1, 0.15) is 27.9 Å². The summed E-state index contributed by atoms with van der Waals surface area (Å²) < 4.78 is 26.5. The van der Waals surface area contributed by atoms with E-state index in [2.05, 4.69) is 5.32 Å². The van der Waals surface area contributed by atoms with E-state index in [1.807, 2.05) is 30.3 Å². The Morgan fingerprint density at radius 3 is 1.94 bits per heavy atom. The predicted molar refractivity (Wildman–Crippen MR) is 118 cm³/mol. The third-order valence-electron chi connectivity index (χ3n) is 5.27. The average Bonchev–Trinajstić information content (AvgIpc) is 2.80. The Hall–Kier alpha value is -3.38. The van der Waals surface area contributed by atoms with Gasteiger partial charge in [0.05, 0.1) is 6.04 Å². The van der Waals surface area contributed by atoms with Crippen molar-refractivity contribution in [2.24, 2.45) is 5.92 Å². The van der Waals surface area contributed by atoms with Gasteiger partial charge in [-0.15, -0.1) is 0 Å². The number of halogens is 2. The van der Waals surface area contributed by atoms with Crippen molar-refractivity contribution in [2.75, 3.05) is 6.61 Å². The zero-order chi connectivity index (χ0) is 22.9. The van der Waals surface area contributed by atoms with E-state index < -0.39 is 23.6 Å². The normalized spacial score (nSPS) is 12.7. The van der Waals surface area contributed by atoms with E-state index in [1.165, 1.54) is 36.4 Å². The van der Waals surface area contributed by atoms with E-state index >= 15 is 0 Å². The maximum absolute atomic E-state index is 13.3. The minimum Gasteiger partial charge on any atom is -0.396 e. The second kappa shape index (κ2) is 11.3. The Labute approximate surface area is 185 Å². The summed E-state index contributed by atoms with van der Waals surface area (Å²) in [6.45, 7) is -0.171. The third kappa shape index (κ3) is 6.82. The van der Waals surface area contributed by atoms with Crippen molar-refractivity contribution in [3.63, 3.8) is 0 Å². The van der Waals surface area contributed by atoms with Crippen molar-refractivity contribution >= 4 is 11.7 Å². The third-order valence-corrected chi connectivity index (χ3v) is 5.27. The number of carbonyl (C=O) groups is 2. The minimum atomic E-state index is -0.872. The number of Topliss-reactive ketones (excluding diaryl/α,β-unsaturated/α-hetero) is 1. The smallest absolute Gasteiger partial charge is 0.251 e. The van der Waals surface area contributed by atoms with Crippen LogP contribution in [0.5, 0.6) is 0 Å². The summed E-state index contributed by atoms with van der Waals surface area (Å²) in [5.41, 5.74) is 1.92. The van der Waals surface area contributed by atoms with E-state index in [0.29, 0.717) is 12.0 Å². The fourth-order valence-corrected chi connectivity index (χ4v) is 3.52. The molecule has 3 rings (SSSR count). The highest BCUT2D eigenvalue weighted by atomic mass is 19.1. The van der Waals surface area contributed by atoms with Crippen LogP contribution < -0.4 is 5.32 Å². The van der Waals surface area contributed by atoms with Crippen molar-refractivity contribution in [2.45, 2.75) is 25.3 Å². The monoisotopic (exact) mass is 437 g/mol. The molecular weight excluding hydrogens is 412 g/mol. The first-order valence-corrected chi connectivity index (χ1v) is 10.4. The molecule has 0 radical (unpaired) electrons. The number of amides is 1. The lowest BCUT2D eigenvalue weighted by Crippen LogP contribution is -2.43. The first-order chi connectivity index (χ1) is 15.4. The van der Waals surface area contributed by atoms with Crippen molar-refractivity contribution in [1.29, 1.82) is 0 Å². The largest absolute Gasteiger partial charge is 0.396 e. The summed E-state index contributed by atoms with van der Waals surface area (Å²) in [5.74, 6) is -1.90. The molecule has 0 saturated heterocycles. The molecule has 0 aliphatic rings. The molecule has 0 fully saturated rings. The van der Waals surface area contributed by atoms with E-state index in [1.54, 1.807) is 12.1 Å². The topological polar surface area (TPSA) is 66.4 Å². The molecule has 0 unspecified atom stereocenters. The lowest BCUT2D eigenvalue weighted by atomic mass is 9.90. The molecule has 0 aromatic heterocycles. The maximum atomic E-state index is 13.3. The van der Waals surface area contributed by atoms with Crippen LogP contribution in [0, 0.1) is 17.6 Å². The summed E-state index contributed by atoms with van der Waals surface area (Å²) in [4.78, 5) is 25.8. The number of aliphatic hydroxyl groups is 1. The second-order valence-electron chi connectivity index (χ2n) is 7.77. The van der Waals surface area contributed by atoms with Gasteiger partial charge in [-0.3, -0.25) is 9.59 Å². The van der Waals surface area contributed by atoms with Crippen molar-refractivity contribution < 1.29 is 23.5 Å². The molecule has 166 valence electrons. The molecule has 0 aliphatic carbocycles. The van der Waals surface area contributed by atoms with Gasteiger partial charge in [0.1, 0.15) is 11.6 Å². The molecule has 0 saturated carbocycles. The van der Waals surface area contributed by atoms with Gasteiger partial charge in [-0.05, 0) is 66.3 Å². The molecular formula is C26H25F2NO3. The highest BCUT2D eigenvalue weighted by Crippen LogP contribution is 2.16. The molecule has 4 nitrogen and oxygen atoms in total. The molecule has 0 spiro atoms. The molecule has 0 heterocycles. The summed E-state index contributed by atoms with van der Waals surface area (Å²) in [6, 6.07) is 19.4. The molecule has 2 atom stereocenters. The van der Waals surface area contributed by atoms with Gasteiger partial charge >= 0.3 is 0 Å². The Balaban J connectivity index is 1.74. The van der Waals surface area contributed by atoms with Crippen LogP contribution in [-0.4, -0.2) is 29.4 Å². The van der Waals surface area contributed by atoms with E-state index in [4.69, 9.17) is 0 Å². The van der Waals surface area contributed by atoms with Gasteiger partial charge in [0, 0.05) is 18.6 Å². The predicted octanol–water partition coefficient (Wildman–Crippen LogP) is 4.12. The van der Waals surface area contributed by atoms with Gasteiger partial charge in [-0.2, -0.15) is 0 Å².